The Kier molecular flexibility index (Phi) is 3.73. The van der Waals surface area contributed by atoms with Crippen molar-refractivity contribution < 1.29 is 9.53 Å². The summed E-state index contributed by atoms with van der Waals surface area (Å²) in [6, 6.07) is 2.80. The fourth-order valence-electron chi connectivity index (χ4n) is 1.32. The Hall–Kier alpha value is -2.15. The van der Waals surface area contributed by atoms with E-state index < -0.39 is 5.97 Å². The second-order valence-electron chi connectivity index (χ2n) is 3.56. The van der Waals surface area contributed by atoms with Gasteiger partial charge in [-0.15, -0.1) is 11.3 Å². The number of nitrogens with two attached hydrogens (primary N) is 1. The second kappa shape index (κ2) is 5.46. The highest BCUT2D eigenvalue weighted by Crippen LogP contribution is 2.07. The van der Waals surface area contributed by atoms with E-state index in [2.05, 4.69) is 4.98 Å². The Morgan fingerprint density at radius 2 is 2.33 bits per heavy atom. The molecule has 2 heterocycles. The van der Waals surface area contributed by atoms with Crippen molar-refractivity contribution in [2.24, 2.45) is 0 Å². The number of nitrogen functional groups attached to an aromatic ring is 1. The Labute approximate surface area is 107 Å². The summed E-state index contributed by atoms with van der Waals surface area (Å²) in [6.07, 6.45) is 3.04. The standard InChI is InChI=1S/C11H11N3O3S/c12-8-1-2-10(15)14(4-8)5-11(16)17-6-9-3-13-7-18-9/h1-4,7H,5-6,12H2. The SMILES string of the molecule is Nc1ccc(=O)n(CC(=O)OCc2cncs2)c1. The van der Waals surface area contributed by atoms with Crippen molar-refractivity contribution in [3.05, 3.63) is 45.3 Å². The summed E-state index contributed by atoms with van der Waals surface area (Å²) in [7, 11) is 0. The molecule has 0 saturated heterocycles. The number of ether oxygens (including phenoxy) is 1. The lowest BCUT2D eigenvalue weighted by molar-refractivity contribution is -0.145. The lowest BCUT2D eigenvalue weighted by Crippen LogP contribution is -2.24. The van der Waals surface area contributed by atoms with Crippen molar-refractivity contribution in [2.45, 2.75) is 13.2 Å². The summed E-state index contributed by atoms with van der Waals surface area (Å²) in [4.78, 5) is 27.7. The molecule has 6 nitrogen and oxygen atoms in total. The van der Waals surface area contributed by atoms with Crippen molar-refractivity contribution in [3.8, 4) is 0 Å². The van der Waals surface area contributed by atoms with Crippen LogP contribution in [0.25, 0.3) is 0 Å². The number of carbonyl (C=O) groups excluding carboxylic acids is 1. The third-order valence-corrected chi connectivity index (χ3v) is 2.92. The molecule has 0 amide bonds. The summed E-state index contributed by atoms with van der Waals surface area (Å²) in [5.74, 6) is -0.490. The van der Waals surface area contributed by atoms with Crippen LogP contribution in [0, 0.1) is 0 Å². The van der Waals surface area contributed by atoms with Gasteiger partial charge in [0.2, 0.25) is 0 Å². The van der Waals surface area contributed by atoms with Crippen LogP contribution in [0.5, 0.6) is 0 Å². The minimum atomic E-state index is -0.490. The van der Waals surface area contributed by atoms with Gasteiger partial charge in [-0.3, -0.25) is 14.6 Å². The highest BCUT2D eigenvalue weighted by atomic mass is 32.1. The summed E-state index contributed by atoms with van der Waals surface area (Å²) in [5, 5.41) is 0. The molecular weight excluding hydrogens is 254 g/mol. The number of nitrogens with zero attached hydrogens (tertiary/aromatic N) is 2. The van der Waals surface area contributed by atoms with E-state index in [1.165, 1.54) is 34.2 Å². The van der Waals surface area contributed by atoms with E-state index in [1.54, 1.807) is 11.7 Å². The number of aromatic nitrogens is 2. The molecular formula is C11H11N3O3S. The molecule has 0 spiro atoms. The molecule has 94 valence electrons. The number of pyridine rings is 1. The fourth-order valence-corrected chi connectivity index (χ4v) is 1.83. The van der Waals surface area contributed by atoms with Crippen molar-refractivity contribution in [2.75, 3.05) is 5.73 Å². The largest absolute Gasteiger partial charge is 0.459 e. The van der Waals surface area contributed by atoms with Gasteiger partial charge in [-0.25, -0.2) is 0 Å². The Morgan fingerprint density at radius 1 is 1.50 bits per heavy atom. The highest BCUT2D eigenvalue weighted by Gasteiger charge is 2.07. The van der Waals surface area contributed by atoms with Gasteiger partial charge in [-0.2, -0.15) is 0 Å². The number of carbonyl (C=O) groups is 1. The fraction of sp³-hybridized carbons (Fsp3) is 0.182. The van der Waals surface area contributed by atoms with Crippen LogP contribution in [0.15, 0.2) is 34.8 Å². The molecule has 0 atom stereocenters. The molecule has 2 N–H and O–H groups in total. The molecule has 0 bridgehead atoms. The molecule has 2 aromatic rings. The molecule has 2 aromatic heterocycles. The van der Waals surface area contributed by atoms with Gasteiger partial charge in [0, 0.05) is 24.1 Å². The van der Waals surface area contributed by atoms with Crippen LogP contribution in [0.4, 0.5) is 5.69 Å². The Balaban J connectivity index is 1.95. The predicted octanol–water partition coefficient (Wildman–Crippen LogP) is 0.630. The minimum Gasteiger partial charge on any atom is -0.459 e. The van der Waals surface area contributed by atoms with Gasteiger partial charge in [0.25, 0.3) is 5.56 Å². The predicted molar refractivity (Wildman–Crippen MR) is 67.0 cm³/mol. The number of hydrogen-bond acceptors (Lipinski definition) is 6. The van der Waals surface area contributed by atoms with Crippen LogP contribution in [0.2, 0.25) is 0 Å². The molecule has 7 heteroatoms. The van der Waals surface area contributed by atoms with Crippen LogP contribution in [-0.4, -0.2) is 15.5 Å². The molecule has 0 unspecified atom stereocenters. The van der Waals surface area contributed by atoms with E-state index in [-0.39, 0.29) is 18.7 Å². The minimum absolute atomic E-state index is 0.150. The summed E-state index contributed by atoms with van der Waals surface area (Å²) in [5.41, 5.74) is 7.32. The number of thiazole rings is 1. The van der Waals surface area contributed by atoms with Gasteiger partial charge < -0.3 is 15.0 Å². The number of anilines is 1. The lowest BCUT2D eigenvalue weighted by Gasteiger charge is -2.06. The zero-order valence-corrected chi connectivity index (χ0v) is 10.2. The topological polar surface area (TPSA) is 87.2 Å². The number of hydrogen-bond donors (Lipinski definition) is 1. The summed E-state index contributed by atoms with van der Waals surface area (Å²) >= 11 is 1.40. The first-order valence-electron chi connectivity index (χ1n) is 5.14. The first-order valence-corrected chi connectivity index (χ1v) is 6.02. The maximum absolute atomic E-state index is 11.5. The summed E-state index contributed by atoms with van der Waals surface area (Å²) < 4.78 is 6.23. The second-order valence-corrected chi connectivity index (χ2v) is 4.53. The van der Waals surface area contributed by atoms with Crippen molar-refractivity contribution in [1.82, 2.24) is 9.55 Å². The Morgan fingerprint density at radius 3 is 3.06 bits per heavy atom. The van der Waals surface area contributed by atoms with E-state index in [9.17, 15) is 9.59 Å². The molecule has 0 radical (unpaired) electrons. The first kappa shape index (κ1) is 12.3. The van der Waals surface area contributed by atoms with Crippen molar-refractivity contribution >= 4 is 23.0 Å². The average Bonchev–Trinajstić information content (AvgIpc) is 2.84. The zero-order valence-electron chi connectivity index (χ0n) is 9.41. The van der Waals surface area contributed by atoms with E-state index in [0.717, 1.165) is 4.88 Å². The van der Waals surface area contributed by atoms with Crippen LogP contribution >= 0.6 is 11.3 Å². The van der Waals surface area contributed by atoms with Crippen LogP contribution < -0.4 is 11.3 Å². The quantitative estimate of drug-likeness (QED) is 0.819. The van der Waals surface area contributed by atoms with Gasteiger partial charge in [-0.1, -0.05) is 0 Å². The van der Waals surface area contributed by atoms with Crippen molar-refractivity contribution in [3.63, 3.8) is 0 Å². The van der Waals surface area contributed by atoms with Gasteiger partial charge in [0.05, 0.1) is 10.4 Å². The Bertz CT molecular complexity index is 592. The lowest BCUT2D eigenvalue weighted by atomic mass is 10.4. The van der Waals surface area contributed by atoms with Crippen molar-refractivity contribution in [1.29, 1.82) is 0 Å². The molecule has 0 aliphatic heterocycles. The van der Waals surface area contributed by atoms with E-state index in [1.807, 2.05) is 0 Å². The van der Waals surface area contributed by atoms with Gasteiger partial charge in [0.1, 0.15) is 13.2 Å². The van der Waals surface area contributed by atoms with Crippen LogP contribution in [-0.2, 0) is 22.7 Å². The maximum Gasteiger partial charge on any atom is 0.326 e. The molecule has 0 aliphatic carbocycles. The van der Waals surface area contributed by atoms with Crippen LogP contribution in [0.3, 0.4) is 0 Å². The third-order valence-electron chi connectivity index (χ3n) is 2.16. The van der Waals surface area contributed by atoms with Crippen LogP contribution in [0.1, 0.15) is 4.88 Å². The zero-order chi connectivity index (χ0) is 13.0. The first-order chi connectivity index (χ1) is 8.65. The number of rotatable bonds is 4. The molecule has 2 rings (SSSR count). The van der Waals surface area contributed by atoms with E-state index >= 15 is 0 Å². The monoisotopic (exact) mass is 265 g/mol. The molecule has 0 aromatic carbocycles. The average molecular weight is 265 g/mol. The normalized spacial score (nSPS) is 10.2. The van der Waals surface area contributed by atoms with E-state index in [0.29, 0.717) is 5.69 Å². The van der Waals surface area contributed by atoms with E-state index in [4.69, 9.17) is 10.5 Å². The number of esters is 1. The molecule has 0 aliphatic rings. The van der Waals surface area contributed by atoms with Gasteiger partial charge >= 0.3 is 5.97 Å². The molecule has 18 heavy (non-hydrogen) atoms. The molecule has 0 saturated carbocycles. The maximum atomic E-state index is 11.5. The van der Waals surface area contributed by atoms with Gasteiger partial charge in [-0.05, 0) is 6.07 Å². The molecule has 0 fully saturated rings. The smallest absolute Gasteiger partial charge is 0.326 e. The van der Waals surface area contributed by atoms with Gasteiger partial charge in [0.15, 0.2) is 0 Å². The third kappa shape index (κ3) is 3.17. The summed E-state index contributed by atoms with van der Waals surface area (Å²) in [6.45, 7) is 0.0171. The highest BCUT2D eigenvalue weighted by molar-refractivity contribution is 7.09.